The standard InChI is InChI=1S/C19H19N3OS2/c1-12-13(2)24-17-16(12)18(21-11-20-17)25-15-8-4-3-7-14(15)19(23)22-9-5-6-10-22/h3-4,7-8,11H,5-6,9-10H2,1-2H3. The number of fused-ring (bicyclic) bond motifs is 1. The Labute approximate surface area is 155 Å². The van der Waals surface area contributed by atoms with Crippen LogP contribution in [0.4, 0.5) is 0 Å². The van der Waals surface area contributed by atoms with Gasteiger partial charge in [-0.25, -0.2) is 9.97 Å². The highest BCUT2D eigenvalue weighted by Gasteiger charge is 2.23. The summed E-state index contributed by atoms with van der Waals surface area (Å²) in [5, 5.41) is 2.03. The van der Waals surface area contributed by atoms with Crippen LogP contribution in [-0.2, 0) is 0 Å². The van der Waals surface area contributed by atoms with E-state index >= 15 is 0 Å². The predicted molar refractivity (Wildman–Crippen MR) is 103 cm³/mol. The summed E-state index contributed by atoms with van der Waals surface area (Å²) in [6.45, 7) is 5.95. The van der Waals surface area contributed by atoms with Gasteiger partial charge < -0.3 is 4.90 Å². The SMILES string of the molecule is Cc1sc2ncnc(Sc3ccccc3C(=O)N3CCCC3)c2c1C. The summed E-state index contributed by atoms with van der Waals surface area (Å²) in [7, 11) is 0. The van der Waals surface area contributed by atoms with Gasteiger partial charge in [0, 0.05) is 28.2 Å². The van der Waals surface area contributed by atoms with Crippen molar-refractivity contribution < 1.29 is 4.79 Å². The maximum Gasteiger partial charge on any atom is 0.255 e. The topological polar surface area (TPSA) is 46.1 Å². The summed E-state index contributed by atoms with van der Waals surface area (Å²) in [5.74, 6) is 0.129. The average molecular weight is 370 g/mol. The van der Waals surface area contributed by atoms with E-state index in [1.54, 1.807) is 29.4 Å². The summed E-state index contributed by atoms with van der Waals surface area (Å²) >= 11 is 3.26. The highest BCUT2D eigenvalue weighted by Crippen LogP contribution is 2.38. The Morgan fingerprint density at radius 3 is 2.72 bits per heavy atom. The molecule has 2 aromatic heterocycles. The lowest BCUT2D eigenvalue weighted by atomic mass is 10.2. The van der Waals surface area contributed by atoms with Gasteiger partial charge in [0.1, 0.15) is 16.2 Å². The molecule has 3 aromatic rings. The van der Waals surface area contributed by atoms with Crippen molar-refractivity contribution >= 4 is 39.2 Å². The summed E-state index contributed by atoms with van der Waals surface area (Å²) in [6.07, 6.45) is 3.81. The fraction of sp³-hybridized carbons (Fsp3) is 0.316. The minimum Gasteiger partial charge on any atom is -0.339 e. The molecule has 1 aliphatic rings. The fourth-order valence-electron chi connectivity index (χ4n) is 3.15. The first-order valence-corrected chi connectivity index (χ1v) is 10.1. The van der Waals surface area contributed by atoms with E-state index in [0.29, 0.717) is 0 Å². The Kier molecular flexibility index (Phi) is 4.48. The zero-order valence-corrected chi connectivity index (χ0v) is 15.9. The van der Waals surface area contributed by atoms with Crippen molar-refractivity contribution in [1.29, 1.82) is 0 Å². The second-order valence-electron chi connectivity index (χ2n) is 6.24. The first-order chi connectivity index (χ1) is 12.1. The molecule has 0 N–H and O–H groups in total. The van der Waals surface area contributed by atoms with Crippen molar-refractivity contribution in [2.75, 3.05) is 13.1 Å². The number of carbonyl (C=O) groups is 1. The maximum atomic E-state index is 12.9. The van der Waals surface area contributed by atoms with Crippen molar-refractivity contribution in [3.8, 4) is 0 Å². The number of likely N-dealkylation sites (tertiary alicyclic amines) is 1. The second kappa shape index (κ2) is 6.77. The zero-order valence-electron chi connectivity index (χ0n) is 14.3. The number of benzene rings is 1. The monoisotopic (exact) mass is 369 g/mol. The normalized spacial score (nSPS) is 14.4. The van der Waals surface area contributed by atoms with E-state index in [1.165, 1.54) is 10.4 Å². The number of hydrogen-bond donors (Lipinski definition) is 0. The van der Waals surface area contributed by atoms with Gasteiger partial charge in [0.15, 0.2) is 0 Å². The molecule has 4 rings (SSSR count). The lowest BCUT2D eigenvalue weighted by Gasteiger charge is -2.17. The number of aromatic nitrogens is 2. The molecule has 6 heteroatoms. The smallest absolute Gasteiger partial charge is 0.255 e. The zero-order chi connectivity index (χ0) is 17.4. The quantitative estimate of drug-likeness (QED) is 0.628. The molecule has 0 saturated carbocycles. The molecular weight excluding hydrogens is 350 g/mol. The van der Waals surface area contributed by atoms with Crippen LogP contribution in [0.1, 0.15) is 33.6 Å². The highest BCUT2D eigenvalue weighted by molar-refractivity contribution is 7.99. The number of rotatable bonds is 3. The molecule has 1 amide bonds. The minimum atomic E-state index is 0.129. The van der Waals surface area contributed by atoms with Gasteiger partial charge >= 0.3 is 0 Å². The molecule has 0 radical (unpaired) electrons. The van der Waals surface area contributed by atoms with E-state index in [9.17, 15) is 4.79 Å². The van der Waals surface area contributed by atoms with Crippen LogP contribution in [0.5, 0.6) is 0 Å². The van der Waals surface area contributed by atoms with Crippen LogP contribution in [-0.4, -0.2) is 33.9 Å². The van der Waals surface area contributed by atoms with Crippen molar-refractivity contribution in [3.05, 3.63) is 46.6 Å². The second-order valence-corrected chi connectivity index (χ2v) is 8.47. The largest absolute Gasteiger partial charge is 0.339 e. The number of amides is 1. The van der Waals surface area contributed by atoms with Gasteiger partial charge in [0.2, 0.25) is 0 Å². The number of aryl methyl sites for hydroxylation is 2. The van der Waals surface area contributed by atoms with Gasteiger partial charge in [-0.2, -0.15) is 0 Å². The lowest BCUT2D eigenvalue weighted by molar-refractivity contribution is 0.0789. The van der Waals surface area contributed by atoms with Gasteiger partial charge in [0.25, 0.3) is 5.91 Å². The Morgan fingerprint density at radius 2 is 1.92 bits per heavy atom. The average Bonchev–Trinajstić information content (AvgIpc) is 3.25. The third-order valence-corrected chi connectivity index (χ3v) is 6.84. The molecule has 0 unspecified atom stereocenters. The molecule has 1 fully saturated rings. The third kappa shape index (κ3) is 3.04. The number of nitrogens with zero attached hydrogens (tertiary/aromatic N) is 3. The Bertz CT molecular complexity index is 945. The maximum absolute atomic E-state index is 12.9. The molecular formula is C19H19N3OS2. The molecule has 1 aliphatic heterocycles. The molecule has 0 bridgehead atoms. The first kappa shape index (κ1) is 16.5. The summed E-state index contributed by atoms with van der Waals surface area (Å²) < 4.78 is 0. The molecule has 128 valence electrons. The summed E-state index contributed by atoms with van der Waals surface area (Å²) in [4.78, 5) is 27.0. The van der Waals surface area contributed by atoms with Crippen molar-refractivity contribution in [2.45, 2.75) is 36.6 Å². The number of carbonyl (C=O) groups excluding carboxylic acids is 1. The molecule has 4 nitrogen and oxygen atoms in total. The van der Waals surface area contributed by atoms with Crippen LogP contribution in [0.15, 0.2) is 40.5 Å². The van der Waals surface area contributed by atoms with E-state index in [-0.39, 0.29) is 5.91 Å². The van der Waals surface area contributed by atoms with E-state index in [2.05, 4.69) is 23.8 Å². The molecule has 25 heavy (non-hydrogen) atoms. The van der Waals surface area contributed by atoms with E-state index in [0.717, 1.165) is 51.6 Å². The molecule has 1 saturated heterocycles. The van der Waals surface area contributed by atoms with Crippen LogP contribution in [0.25, 0.3) is 10.2 Å². The van der Waals surface area contributed by atoms with Gasteiger partial charge in [-0.3, -0.25) is 4.79 Å². The lowest BCUT2D eigenvalue weighted by Crippen LogP contribution is -2.28. The van der Waals surface area contributed by atoms with Crippen LogP contribution >= 0.6 is 23.1 Å². The Morgan fingerprint density at radius 1 is 1.16 bits per heavy atom. The fourth-order valence-corrected chi connectivity index (χ4v) is 5.29. The van der Waals surface area contributed by atoms with Crippen LogP contribution in [0, 0.1) is 13.8 Å². The van der Waals surface area contributed by atoms with Crippen LogP contribution < -0.4 is 0 Å². The minimum absolute atomic E-state index is 0.129. The molecule has 3 heterocycles. The van der Waals surface area contributed by atoms with Gasteiger partial charge in [-0.15, -0.1) is 11.3 Å². The summed E-state index contributed by atoms with van der Waals surface area (Å²) in [5.41, 5.74) is 2.00. The van der Waals surface area contributed by atoms with E-state index in [4.69, 9.17) is 0 Å². The van der Waals surface area contributed by atoms with Crippen LogP contribution in [0.3, 0.4) is 0 Å². The van der Waals surface area contributed by atoms with Gasteiger partial charge in [-0.1, -0.05) is 23.9 Å². The third-order valence-electron chi connectivity index (χ3n) is 4.65. The molecule has 1 aromatic carbocycles. The predicted octanol–water partition coefficient (Wildman–Crippen LogP) is 4.70. The Hall–Kier alpha value is -1.92. The van der Waals surface area contributed by atoms with E-state index in [1.807, 2.05) is 29.2 Å². The Balaban J connectivity index is 1.74. The van der Waals surface area contributed by atoms with Crippen molar-refractivity contribution in [1.82, 2.24) is 14.9 Å². The molecule has 0 spiro atoms. The summed E-state index contributed by atoms with van der Waals surface area (Å²) in [6, 6.07) is 7.85. The molecule has 0 aliphatic carbocycles. The van der Waals surface area contributed by atoms with E-state index < -0.39 is 0 Å². The highest BCUT2D eigenvalue weighted by atomic mass is 32.2. The molecule has 0 atom stereocenters. The number of thiophene rings is 1. The van der Waals surface area contributed by atoms with Crippen molar-refractivity contribution in [2.24, 2.45) is 0 Å². The van der Waals surface area contributed by atoms with Crippen LogP contribution in [0.2, 0.25) is 0 Å². The van der Waals surface area contributed by atoms with Crippen molar-refractivity contribution in [3.63, 3.8) is 0 Å². The number of hydrogen-bond acceptors (Lipinski definition) is 5. The van der Waals surface area contributed by atoms with Gasteiger partial charge in [0.05, 0.1) is 5.56 Å². The van der Waals surface area contributed by atoms with Gasteiger partial charge in [-0.05, 0) is 44.4 Å². The first-order valence-electron chi connectivity index (χ1n) is 8.42.